The van der Waals surface area contributed by atoms with Crippen LogP contribution in [-0.2, 0) is 41.6 Å². The summed E-state index contributed by atoms with van der Waals surface area (Å²) < 4.78 is 20.4. The van der Waals surface area contributed by atoms with Crippen LogP contribution in [0, 0.1) is 11.8 Å². The van der Waals surface area contributed by atoms with Crippen molar-refractivity contribution in [1.29, 1.82) is 0 Å². The van der Waals surface area contributed by atoms with E-state index in [1.165, 1.54) is 0 Å². The van der Waals surface area contributed by atoms with Crippen LogP contribution < -0.4 is 10.6 Å². The number of amides is 2. The van der Waals surface area contributed by atoms with E-state index >= 15 is 0 Å². The second-order valence-corrected chi connectivity index (χ2v) is 7.32. The molecule has 2 heterocycles. The Balaban J connectivity index is 1.93. The van der Waals surface area contributed by atoms with E-state index in [0.29, 0.717) is 13.2 Å². The minimum Gasteiger partial charge on any atom is -0.447 e. The molecule has 0 radical (unpaired) electrons. The molecule has 1 aliphatic rings. The molecule has 0 saturated heterocycles. The molecule has 0 saturated carbocycles. The molecule has 0 aliphatic carbocycles. The van der Waals surface area contributed by atoms with Crippen LogP contribution in [0.25, 0.3) is 0 Å². The van der Waals surface area contributed by atoms with E-state index < -0.39 is 35.5 Å². The summed E-state index contributed by atoms with van der Waals surface area (Å²) in [4.78, 5) is 49.5. The molecule has 1 aromatic rings. The van der Waals surface area contributed by atoms with Gasteiger partial charge in [0.15, 0.2) is 5.78 Å². The van der Waals surface area contributed by atoms with Crippen LogP contribution in [0.1, 0.15) is 32.0 Å². The van der Waals surface area contributed by atoms with Crippen LogP contribution in [0.3, 0.4) is 0 Å². The molecule has 2 amide bonds. The Morgan fingerprint density at radius 2 is 1.87 bits per heavy atom. The van der Waals surface area contributed by atoms with Gasteiger partial charge in [-0.3, -0.25) is 14.4 Å². The number of Topliss-reactive ketones (excluding diaryl/α,β-unsaturated/α-hetero) is 2. The lowest BCUT2D eigenvalue weighted by atomic mass is 9.88. The molecule has 0 aromatic carbocycles. The van der Waals surface area contributed by atoms with Gasteiger partial charge in [0.1, 0.15) is 6.61 Å². The van der Waals surface area contributed by atoms with Gasteiger partial charge >= 0.3 is 6.09 Å². The van der Waals surface area contributed by atoms with E-state index in [1.54, 1.807) is 21.0 Å². The third kappa shape index (κ3) is 7.72. The number of ether oxygens (including phenoxy) is 3. The monoisotopic (exact) mass is 440 g/mol. The van der Waals surface area contributed by atoms with E-state index in [0.717, 1.165) is 0 Å². The summed E-state index contributed by atoms with van der Waals surface area (Å²) in [7, 11) is 1.55. The van der Waals surface area contributed by atoms with Crippen molar-refractivity contribution in [2.75, 3.05) is 33.5 Å². The molecule has 12 nitrogen and oxygen atoms in total. The van der Waals surface area contributed by atoms with Gasteiger partial charge in [0.25, 0.3) is 5.91 Å². The Morgan fingerprint density at radius 3 is 2.58 bits per heavy atom. The van der Waals surface area contributed by atoms with Crippen molar-refractivity contribution < 1.29 is 37.8 Å². The Bertz CT molecular complexity index is 779. The summed E-state index contributed by atoms with van der Waals surface area (Å²) in [6.45, 7) is 4.44. The fraction of sp³-hybridized carbons (Fsp3) is 0.684. The van der Waals surface area contributed by atoms with Crippen molar-refractivity contribution in [3.8, 4) is 0 Å². The molecule has 2 unspecified atom stereocenters. The summed E-state index contributed by atoms with van der Waals surface area (Å²) in [6, 6.07) is -0.899. The van der Waals surface area contributed by atoms with Gasteiger partial charge in [0, 0.05) is 25.9 Å². The molecule has 2 atom stereocenters. The number of ketones is 2. The molecule has 0 fully saturated rings. The SMILES string of the molecule is COCCOCCOC(=O)NC(C(=O)CC1Cc2nnc(o2)CNC(=O)C1=O)C(C)C. The van der Waals surface area contributed by atoms with Gasteiger partial charge in [0.05, 0.1) is 32.4 Å². The predicted octanol–water partition coefficient (Wildman–Crippen LogP) is -0.200. The topological polar surface area (TPSA) is 159 Å². The molecule has 2 bridgehead atoms. The molecule has 2 N–H and O–H groups in total. The van der Waals surface area contributed by atoms with Crippen LogP contribution in [0.2, 0.25) is 0 Å². The van der Waals surface area contributed by atoms with Crippen LogP contribution in [0.5, 0.6) is 0 Å². The van der Waals surface area contributed by atoms with Crippen LogP contribution in [0.15, 0.2) is 4.42 Å². The third-order valence-corrected chi connectivity index (χ3v) is 4.55. The number of alkyl carbamates (subject to hydrolysis) is 1. The second-order valence-electron chi connectivity index (χ2n) is 7.32. The zero-order valence-electron chi connectivity index (χ0n) is 17.8. The van der Waals surface area contributed by atoms with Gasteiger partial charge in [-0.25, -0.2) is 4.79 Å². The fourth-order valence-electron chi connectivity index (χ4n) is 2.93. The molecule has 0 spiro atoms. The largest absolute Gasteiger partial charge is 0.447 e. The van der Waals surface area contributed by atoms with Crippen LogP contribution >= 0.6 is 0 Å². The van der Waals surface area contributed by atoms with Crippen molar-refractivity contribution in [1.82, 2.24) is 20.8 Å². The predicted molar refractivity (Wildman–Crippen MR) is 104 cm³/mol. The first-order valence-corrected chi connectivity index (χ1v) is 9.97. The Labute approximate surface area is 179 Å². The lowest BCUT2D eigenvalue weighted by Crippen LogP contribution is -2.46. The van der Waals surface area contributed by atoms with Crippen molar-refractivity contribution in [3.05, 3.63) is 11.8 Å². The lowest BCUT2D eigenvalue weighted by molar-refractivity contribution is -0.141. The zero-order valence-corrected chi connectivity index (χ0v) is 17.8. The quantitative estimate of drug-likeness (QED) is 0.348. The number of carbonyl (C=O) groups is 4. The van der Waals surface area contributed by atoms with E-state index in [-0.39, 0.29) is 50.3 Å². The number of aromatic nitrogens is 2. The van der Waals surface area contributed by atoms with E-state index in [2.05, 4.69) is 20.8 Å². The van der Waals surface area contributed by atoms with Gasteiger partial charge in [-0.05, 0) is 5.92 Å². The summed E-state index contributed by atoms with van der Waals surface area (Å²) in [5.41, 5.74) is 0. The molecule has 172 valence electrons. The molecule has 2 rings (SSSR count). The van der Waals surface area contributed by atoms with Crippen LogP contribution in [-0.4, -0.2) is 73.3 Å². The molecular weight excluding hydrogens is 412 g/mol. The maximum absolute atomic E-state index is 12.9. The summed E-state index contributed by atoms with van der Waals surface area (Å²) in [6.07, 6.45) is -1.09. The minimum absolute atomic E-state index is 0.00926. The third-order valence-electron chi connectivity index (χ3n) is 4.55. The Kier molecular flexibility index (Phi) is 9.53. The summed E-state index contributed by atoms with van der Waals surface area (Å²) >= 11 is 0. The first-order chi connectivity index (χ1) is 14.8. The van der Waals surface area contributed by atoms with Gasteiger partial charge in [-0.1, -0.05) is 13.8 Å². The smallest absolute Gasteiger partial charge is 0.407 e. The maximum atomic E-state index is 12.9. The molecular formula is C19H28N4O8. The number of hydrogen-bond acceptors (Lipinski definition) is 10. The number of hydrogen-bond donors (Lipinski definition) is 2. The van der Waals surface area contributed by atoms with Crippen LogP contribution in [0.4, 0.5) is 4.79 Å². The molecule has 1 aromatic heterocycles. The normalized spacial score (nSPS) is 17.4. The summed E-state index contributed by atoms with van der Waals surface area (Å²) in [5.74, 6) is -2.88. The number of rotatable bonds is 11. The van der Waals surface area contributed by atoms with E-state index in [1.807, 2.05) is 0 Å². The standard InChI is InChI=1S/C19H28N4O8/c1-11(2)16(21-19(27)30-7-6-29-5-4-28-3)13(24)8-12-9-14-22-23-15(31-14)10-20-18(26)17(12)25/h11-12,16H,4-10H2,1-3H3,(H,20,26)(H,21,27). The highest BCUT2D eigenvalue weighted by molar-refractivity contribution is 6.37. The number of nitrogens with one attached hydrogen (secondary N) is 2. The zero-order chi connectivity index (χ0) is 22.8. The minimum atomic E-state index is -0.979. The van der Waals surface area contributed by atoms with Gasteiger partial charge in [-0.15, -0.1) is 10.2 Å². The van der Waals surface area contributed by atoms with Gasteiger partial charge in [-0.2, -0.15) is 0 Å². The van der Waals surface area contributed by atoms with Crippen molar-refractivity contribution in [2.24, 2.45) is 11.8 Å². The fourth-order valence-corrected chi connectivity index (χ4v) is 2.93. The Morgan fingerprint density at radius 1 is 1.16 bits per heavy atom. The Hall–Kier alpha value is -2.86. The molecule has 1 aliphatic heterocycles. The maximum Gasteiger partial charge on any atom is 0.407 e. The van der Waals surface area contributed by atoms with Crippen molar-refractivity contribution in [3.63, 3.8) is 0 Å². The molecule has 31 heavy (non-hydrogen) atoms. The number of nitrogens with zero attached hydrogens (tertiary/aromatic N) is 2. The second kappa shape index (κ2) is 12.1. The number of carbonyl (C=O) groups excluding carboxylic acids is 4. The highest BCUT2D eigenvalue weighted by Gasteiger charge is 2.34. The number of fused-ring (bicyclic) bond motifs is 2. The van der Waals surface area contributed by atoms with Crippen molar-refractivity contribution >= 4 is 23.6 Å². The van der Waals surface area contributed by atoms with Crippen molar-refractivity contribution in [2.45, 2.75) is 39.3 Å². The van der Waals surface area contributed by atoms with Gasteiger partial charge in [0.2, 0.25) is 17.6 Å². The first-order valence-electron chi connectivity index (χ1n) is 9.97. The molecule has 12 heteroatoms. The highest BCUT2D eigenvalue weighted by Crippen LogP contribution is 2.18. The first kappa shape index (κ1) is 24.4. The van der Waals surface area contributed by atoms with E-state index in [9.17, 15) is 19.2 Å². The highest BCUT2D eigenvalue weighted by atomic mass is 16.6. The van der Waals surface area contributed by atoms with E-state index in [4.69, 9.17) is 18.6 Å². The average Bonchev–Trinajstić information content (AvgIpc) is 3.19. The number of methoxy groups -OCH3 is 1. The summed E-state index contributed by atoms with van der Waals surface area (Å²) in [5, 5.41) is 12.5. The van der Waals surface area contributed by atoms with Gasteiger partial charge < -0.3 is 29.3 Å². The lowest BCUT2D eigenvalue weighted by Gasteiger charge is -2.22. The average molecular weight is 440 g/mol.